The first-order chi connectivity index (χ1) is 29.6. The van der Waals surface area contributed by atoms with Crippen LogP contribution in [0, 0.1) is 5.41 Å². The summed E-state index contributed by atoms with van der Waals surface area (Å²) in [7, 11) is -17.6. The highest BCUT2D eigenvalue weighted by molar-refractivity contribution is 8.14. The van der Waals surface area contributed by atoms with Gasteiger partial charge in [0.1, 0.15) is 36.3 Å². The number of rotatable bonds is 27. The van der Waals surface area contributed by atoms with Gasteiger partial charge in [-0.1, -0.05) is 75.1 Å². The highest BCUT2D eigenvalue weighted by Gasteiger charge is 2.47. The number of aliphatic hydroxyl groups is 2. The van der Waals surface area contributed by atoms with E-state index >= 15 is 0 Å². The molecule has 1 aliphatic heterocycles. The maximum absolute atomic E-state index is 12.6. The number of carbonyl (C=O) groups excluding carboxylic acids is 3. The lowest BCUT2D eigenvalue weighted by Gasteiger charge is -2.36. The van der Waals surface area contributed by atoms with E-state index in [1.165, 1.54) is 19.9 Å². The number of phosphoric acid groups is 3. The first kappa shape index (κ1) is 53.9. The van der Waals surface area contributed by atoms with Crippen molar-refractivity contribution < 1.29 is 80.5 Å². The van der Waals surface area contributed by atoms with E-state index in [1.807, 2.05) is 12.2 Å². The van der Waals surface area contributed by atoms with Gasteiger partial charge in [-0.25, -0.2) is 19.3 Å². The molecule has 2 aromatic rings. The number of nitrogens with zero attached hydrogens (tertiary/aromatic N) is 4. The van der Waals surface area contributed by atoms with Gasteiger partial charge in [-0.05, 0) is 31.8 Å². The molecule has 0 aromatic carbocycles. The van der Waals surface area contributed by atoms with Gasteiger partial charge in [-0.15, -0.1) is 0 Å². The van der Waals surface area contributed by atoms with Crippen LogP contribution in [0.1, 0.15) is 59.1 Å². The third-order valence-corrected chi connectivity index (χ3v) is 12.4. The van der Waals surface area contributed by atoms with Crippen LogP contribution in [0.15, 0.2) is 61.3 Å². The number of thioether (sulfide) groups is 1. The summed E-state index contributed by atoms with van der Waals surface area (Å²) in [6.07, 6.45) is 11.2. The van der Waals surface area contributed by atoms with Gasteiger partial charge < -0.3 is 69.0 Å². The van der Waals surface area contributed by atoms with Crippen LogP contribution in [0.5, 0.6) is 0 Å². The van der Waals surface area contributed by atoms with Gasteiger partial charge in [-0.2, -0.15) is 0 Å². The maximum Gasteiger partial charge on any atom is 0.274 e. The smallest absolute Gasteiger partial charge is 0.274 e. The molecule has 6 N–H and O–H groups in total. The van der Waals surface area contributed by atoms with E-state index in [1.54, 1.807) is 6.08 Å². The Morgan fingerprint density at radius 1 is 0.968 bits per heavy atom. The average molecular weight is 966 g/mol. The van der Waals surface area contributed by atoms with Crippen molar-refractivity contribution in [2.45, 2.75) is 83.5 Å². The van der Waals surface area contributed by atoms with Crippen LogP contribution in [0.2, 0.25) is 0 Å². The largest absolute Gasteiger partial charge is 0.790 e. The number of amides is 2. The van der Waals surface area contributed by atoms with Crippen molar-refractivity contribution in [1.82, 2.24) is 30.2 Å². The van der Waals surface area contributed by atoms with Gasteiger partial charge in [0.15, 0.2) is 17.7 Å². The molecule has 0 aliphatic carbocycles. The van der Waals surface area contributed by atoms with E-state index < -0.39 is 84.6 Å². The monoisotopic (exact) mass is 965 g/mol. The van der Waals surface area contributed by atoms with E-state index in [9.17, 15) is 57.9 Å². The molecule has 2 aromatic heterocycles. The van der Waals surface area contributed by atoms with Crippen LogP contribution in [-0.4, -0.2) is 103 Å². The molecule has 1 fully saturated rings. The number of nitrogens with two attached hydrogens (primary N) is 1. The zero-order chi connectivity index (χ0) is 46.8. The second kappa shape index (κ2) is 25.3. The minimum absolute atomic E-state index is 0.0230. The Hall–Kier alpha value is -3.48. The van der Waals surface area contributed by atoms with E-state index in [-0.39, 0.29) is 41.6 Å². The average Bonchev–Trinajstić information content (AvgIpc) is 3.76. The number of ether oxygens (including phenoxy) is 1. The molecule has 28 heteroatoms. The summed E-state index contributed by atoms with van der Waals surface area (Å²) < 4.78 is 60.7. The first-order valence-corrected chi connectivity index (χ1v) is 24.5. The molecule has 24 nitrogen and oxygen atoms in total. The molecule has 0 saturated carbocycles. The summed E-state index contributed by atoms with van der Waals surface area (Å²) in [4.78, 5) is 96.4. The number of aliphatic hydroxyl groups excluding tert-OH is 2. The molecular weight excluding hydrogens is 915 g/mol. The van der Waals surface area contributed by atoms with Crippen molar-refractivity contribution in [3.63, 3.8) is 0 Å². The van der Waals surface area contributed by atoms with Crippen LogP contribution in [0.3, 0.4) is 0 Å². The molecule has 1 aliphatic rings. The molecule has 0 bridgehead atoms. The van der Waals surface area contributed by atoms with Crippen LogP contribution in [-0.2, 0) is 50.7 Å². The number of carbonyl (C=O) groups is 3. The number of hydrogen-bond donors (Lipinski definition) is 5. The molecule has 3 rings (SSSR count). The van der Waals surface area contributed by atoms with Gasteiger partial charge in [-0.3, -0.25) is 28.1 Å². The molecule has 0 spiro atoms. The Labute approximate surface area is 366 Å². The molecule has 2 unspecified atom stereocenters. The van der Waals surface area contributed by atoms with E-state index in [4.69, 9.17) is 10.5 Å². The normalized spacial score (nSPS) is 21.1. The van der Waals surface area contributed by atoms with Crippen LogP contribution >= 0.6 is 35.2 Å². The predicted octanol–water partition coefficient (Wildman–Crippen LogP) is -0.0582. The zero-order valence-corrected chi connectivity index (χ0v) is 37.9. The van der Waals surface area contributed by atoms with Crippen molar-refractivity contribution in [1.29, 1.82) is 0 Å². The number of allylic oxidation sites excluding steroid dienone is 7. The first-order valence-electron chi connectivity index (χ1n) is 19.2. The van der Waals surface area contributed by atoms with Crippen LogP contribution in [0.4, 0.5) is 5.82 Å². The maximum atomic E-state index is 12.6. The minimum atomic E-state index is -5.92. The zero-order valence-electron chi connectivity index (χ0n) is 34.4. The summed E-state index contributed by atoms with van der Waals surface area (Å²) in [5.74, 6) is -1.27. The van der Waals surface area contributed by atoms with Crippen LogP contribution in [0.25, 0.3) is 11.2 Å². The molecule has 352 valence electrons. The van der Waals surface area contributed by atoms with E-state index in [2.05, 4.69) is 74.7 Å². The summed E-state index contributed by atoms with van der Waals surface area (Å²) >= 11 is 1.01. The summed E-state index contributed by atoms with van der Waals surface area (Å²) in [6.45, 7) is 2.13. The number of nitrogens with one attached hydrogen (secondary N) is 2. The second-order valence-corrected chi connectivity index (χ2v) is 19.2. The molecule has 2 amide bonds. The van der Waals surface area contributed by atoms with Gasteiger partial charge in [0, 0.05) is 30.7 Å². The second-order valence-electron chi connectivity index (χ2n) is 14.1. The summed E-state index contributed by atoms with van der Waals surface area (Å²) in [5.41, 5.74) is 4.06. The number of aromatic nitrogens is 4. The number of anilines is 1. The van der Waals surface area contributed by atoms with Gasteiger partial charge in [0.25, 0.3) is 15.6 Å². The number of fused-ring (bicyclic) bond motifs is 1. The SMILES string of the molecule is CC/C=C\C/C=C\C/C=C\C/C=C/C(=O)SCCNC(=O)CCNC(=O)[C@H](O)C(C)(C)COP(=O)([O-])OP(=O)([O-])OC[C@H]1O[C@@H](n2cnc3c(N)ncnc32)[C@H](O)[C@@H]1OP(=O)([O-])[O-]. The summed E-state index contributed by atoms with van der Waals surface area (Å²) in [5, 5.41) is 26.1. The van der Waals surface area contributed by atoms with Gasteiger partial charge in [0.05, 0.1) is 27.4 Å². The number of imidazole rings is 1. The Kier molecular flexibility index (Phi) is 21.6. The van der Waals surface area contributed by atoms with E-state index in [0.717, 1.165) is 48.2 Å². The number of nitrogen functional groups attached to an aromatic ring is 1. The Bertz CT molecular complexity index is 2110. The number of hydrogen-bond acceptors (Lipinski definition) is 22. The fourth-order valence-corrected chi connectivity index (χ4v) is 8.69. The fourth-order valence-electron chi connectivity index (χ4n) is 5.35. The molecule has 7 atom stereocenters. The lowest BCUT2D eigenvalue weighted by Crippen LogP contribution is -2.46. The topological polar surface area (TPSA) is 375 Å². The highest BCUT2D eigenvalue weighted by Crippen LogP contribution is 2.56. The van der Waals surface area contributed by atoms with Gasteiger partial charge >= 0.3 is 0 Å². The summed E-state index contributed by atoms with van der Waals surface area (Å²) in [6, 6.07) is 0. The van der Waals surface area contributed by atoms with Crippen molar-refractivity contribution in [3.05, 3.63) is 61.3 Å². The Balaban J connectivity index is 1.39. The van der Waals surface area contributed by atoms with E-state index in [0.29, 0.717) is 12.2 Å². The molecular formula is C35H50N7O17P3S-4. The molecule has 0 radical (unpaired) electrons. The van der Waals surface area contributed by atoms with Crippen molar-refractivity contribution in [2.24, 2.45) is 5.41 Å². The minimum Gasteiger partial charge on any atom is -0.790 e. The van der Waals surface area contributed by atoms with Crippen molar-refractivity contribution in [3.8, 4) is 0 Å². The Morgan fingerprint density at radius 2 is 1.60 bits per heavy atom. The number of phosphoric ester groups is 3. The molecule has 63 heavy (non-hydrogen) atoms. The molecule has 1 saturated heterocycles. The van der Waals surface area contributed by atoms with Crippen LogP contribution < -0.4 is 35.9 Å². The fraction of sp³-hybridized carbons (Fsp3) is 0.543. The standard InChI is InChI=1S/C35H54N7O17P3S/c1-4-5-6-7-8-9-10-11-12-13-14-15-26(44)63-19-18-37-25(43)16-17-38-33(47)30(46)35(2,3)21-56-62(53,54)59-61(51,52)55-20-24-29(58-60(48,49)50)28(45)34(57-24)42-23-41-27-31(36)39-22-40-32(27)42/h5-6,8-9,11-12,14-15,22-24,28-30,34,45-46H,4,7,10,13,16-21H2,1-3H3,(H,37,43)(H,38,47)(H,51,52)(H,53,54)(H2,36,39,40)(H2,48,49,50)/p-4/b6-5-,9-8-,12-11-,15-14+/t24-,28-,29-,30+,34-/m1/s1. The molecule has 3 heterocycles. The van der Waals surface area contributed by atoms with Gasteiger partial charge in [0.2, 0.25) is 16.9 Å². The highest BCUT2D eigenvalue weighted by atomic mass is 32.2. The third-order valence-electron chi connectivity index (χ3n) is 8.53. The van der Waals surface area contributed by atoms with Crippen molar-refractivity contribution in [2.75, 3.05) is 37.8 Å². The lowest BCUT2D eigenvalue weighted by molar-refractivity contribution is -0.347. The third kappa shape index (κ3) is 18.9. The quantitative estimate of drug-likeness (QED) is 0.0339. The lowest BCUT2D eigenvalue weighted by atomic mass is 9.87. The Morgan fingerprint density at radius 3 is 2.25 bits per heavy atom. The van der Waals surface area contributed by atoms with Crippen molar-refractivity contribution >= 4 is 69.1 Å². The predicted molar refractivity (Wildman–Crippen MR) is 219 cm³/mol.